The Kier molecular flexibility index (Phi) is 5.21. The van der Waals surface area contributed by atoms with Crippen molar-refractivity contribution in [3.8, 4) is 0 Å². The average molecular weight is 309 g/mol. The van der Waals surface area contributed by atoms with Crippen molar-refractivity contribution in [1.29, 1.82) is 0 Å². The second-order valence-corrected chi connectivity index (χ2v) is 7.43. The molecule has 2 nitrogen and oxygen atoms in total. The van der Waals surface area contributed by atoms with Gasteiger partial charge >= 0.3 is 0 Å². The van der Waals surface area contributed by atoms with Crippen LogP contribution < -0.4 is 0 Å². The van der Waals surface area contributed by atoms with Crippen LogP contribution in [-0.2, 0) is 22.0 Å². The highest BCUT2D eigenvalue weighted by molar-refractivity contribution is 7.90. The molecule has 0 amide bonds. The lowest BCUT2D eigenvalue weighted by Gasteiger charge is -2.05. The lowest BCUT2D eigenvalue weighted by Crippen LogP contribution is -2.10. The topological polar surface area (TPSA) is 34.1 Å². The number of halogens is 1. The van der Waals surface area contributed by atoms with Crippen molar-refractivity contribution in [2.75, 3.05) is 5.75 Å². The summed E-state index contributed by atoms with van der Waals surface area (Å²) in [6.45, 7) is 0. The van der Waals surface area contributed by atoms with E-state index in [2.05, 4.69) is 0 Å². The Balaban J connectivity index is 1.86. The molecule has 0 spiro atoms. The van der Waals surface area contributed by atoms with E-state index < -0.39 is 9.84 Å². The monoisotopic (exact) mass is 308 g/mol. The van der Waals surface area contributed by atoms with Crippen LogP contribution >= 0.6 is 11.6 Å². The molecule has 0 N–H and O–H groups in total. The van der Waals surface area contributed by atoms with E-state index in [1.54, 1.807) is 24.3 Å². The van der Waals surface area contributed by atoms with Crippen molar-refractivity contribution in [3.63, 3.8) is 0 Å². The molecule has 0 aromatic heterocycles. The lowest BCUT2D eigenvalue weighted by atomic mass is 10.1. The Labute approximate surface area is 125 Å². The molecule has 2 aromatic carbocycles. The summed E-state index contributed by atoms with van der Waals surface area (Å²) < 4.78 is 24.1. The van der Waals surface area contributed by atoms with Crippen molar-refractivity contribution in [2.24, 2.45) is 0 Å². The molecular weight excluding hydrogens is 292 g/mol. The number of hydrogen-bond donors (Lipinski definition) is 0. The van der Waals surface area contributed by atoms with Crippen LogP contribution in [0.15, 0.2) is 54.6 Å². The first-order valence-electron chi connectivity index (χ1n) is 6.54. The molecule has 0 saturated carbocycles. The minimum atomic E-state index is -3.06. The van der Waals surface area contributed by atoms with Crippen molar-refractivity contribution in [1.82, 2.24) is 0 Å². The first-order valence-corrected chi connectivity index (χ1v) is 8.74. The maximum atomic E-state index is 12.0. The van der Waals surface area contributed by atoms with Crippen LogP contribution in [0.4, 0.5) is 0 Å². The molecule has 0 bridgehead atoms. The van der Waals surface area contributed by atoms with Crippen molar-refractivity contribution in [2.45, 2.75) is 18.6 Å². The van der Waals surface area contributed by atoms with Crippen LogP contribution in [0.2, 0.25) is 5.02 Å². The minimum absolute atomic E-state index is 0.0823. The Morgan fingerprint density at radius 1 is 0.850 bits per heavy atom. The molecule has 0 aliphatic rings. The SMILES string of the molecule is O=S(=O)(CCCc1ccccc1)Cc1ccc(Cl)cc1. The van der Waals surface area contributed by atoms with Gasteiger partial charge in [-0.25, -0.2) is 8.42 Å². The Bertz CT molecular complexity index is 634. The molecular formula is C16H17ClO2S. The van der Waals surface area contributed by atoms with Gasteiger partial charge in [-0.1, -0.05) is 54.1 Å². The molecule has 0 aliphatic carbocycles. The van der Waals surface area contributed by atoms with Gasteiger partial charge in [0.25, 0.3) is 0 Å². The molecule has 0 heterocycles. The Hall–Kier alpha value is -1.32. The molecule has 0 fully saturated rings. The van der Waals surface area contributed by atoms with Crippen molar-refractivity contribution in [3.05, 3.63) is 70.7 Å². The van der Waals surface area contributed by atoms with E-state index in [-0.39, 0.29) is 11.5 Å². The molecule has 0 radical (unpaired) electrons. The maximum absolute atomic E-state index is 12.0. The molecule has 2 aromatic rings. The highest BCUT2D eigenvalue weighted by Crippen LogP contribution is 2.13. The molecule has 20 heavy (non-hydrogen) atoms. The fraction of sp³-hybridized carbons (Fsp3) is 0.250. The van der Waals surface area contributed by atoms with Crippen LogP contribution in [0, 0.1) is 0 Å². The van der Waals surface area contributed by atoms with Gasteiger partial charge in [0, 0.05) is 5.02 Å². The Morgan fingerprint density at radius 3 is 2.15 bits per heavy atom. The van der Waals surface area contributed by atoms with Gasteiger partial charge in [0.1, 0.15) is 0 Å². The smallest absolute Gasteiger partial charge is 0.154 e. The van der Waals surface area contributed by atoms with Gasteiger partial charge in [0.15, 0.2) is 9.84 Å². The summed E-state index contributed by atoms with van der Waals surface area (Å²) in [5, 5.41) is 0.621. The molecule has 4 heteroatoms. The minimum Gasteiger partial charge on any atom is -0.228 e. The molecule has 0 aliphatic heterocycles. The van der Waals surface area contributed by atoms with E-state index in [0.717, 1.165) is 12.0 Å². The second kappa shape index (κ2) is 6.91. The summed E-state index contributed by atoms with van der Waals surface area (Å²) in [5.74, 6) is 0.295. The largest absolute Gasteiger partial charge is 0.228 e. The van der Waals surface area contributed by atoms with Crippen LogP contribution in [0.5, 0.6) is 0 Å². The van der Waals surface area contributed by atoms with Crippen molar-refractivity contribution < 1.29 is 8.42 Å². The number of rotatable bonds is 6. The lowest BCUT2D eigenvalue weighted by molar-refractivity contribution is 0.592. The van der Waals surface area contributed by atoms with Gasteiger partial charge in [-0.3, -0.25) is 0 Å². The summed E-state index contributed by atoms with van der Waals surface area (Å²) in [4.78, 5) is 0. The van der Waals surface area contributed by atoms with Gasteiger partial charge in [0.2, 0.25) is 0 Å². The number of aryl methyl sites for hydroxylation is 1. The predicted octanol–water partition coefficient (Wildman–Crippen LogP) is 3.89. The molecule has 2 rings (SSSR count). The quantitative estimate of drug-likeness (QED) is 0.811. The third kappa shape index (κ3) is 4.99. The Morgan fingerprint density at radius 2 is 1.50 bits per heavy atom. The third-order valence-corrected chi connectivity index (χ3v) is 5.00. The van der Waals surface area contributed by atoms with Crippen LogP contribution in [-0.4, -0.2) is 14.2 Å². The average Bonchev–Trinajstić information content (AvgIpc) is 2.42. The van der Waals surface area contributed by atoms with Crippen LogP contribution in [0.3, 0.4) is 0 Å². The van der Waals surface area contributed by atoms with E-state index in [4.69, 9.17) is 11.6 Å². The fourth-order valence-corrected chi connectivity index (χ4v) is 3.60. The summed E-state index contributed by atoms with van der Waals surface area (Å²) in [5.41, 5.74) is 1.96. The summed E-state index contributed by atoms with van der Waals surface area (Å²) >= 11 is 5.78. The zero-order valence-electron chi connectivity index (χ0n) is 11.1. The number of hydrogen-bond acceptors (Lipinski definition) is 2. The maximum Gasteiger partial charge on any atom is 0.154 e. The fourth-order valence-electron chi connectivity index (χ4n) is 2.05. The second-order valence-electron chi connectivity index (χ2n) is 4.81. The van der Waals surface area contributed by atoms with Gasteiger partial charge in [-0.15, -0.1) is 0 Å². The number of sulfone groups is 1. The first-order chi connectivity index (χ1) is 9.55. The number of benzene rings is 2. The summed E-state index contributed by atoms with van der Waals surface area (Å²) in [6.07, 6.45) is 1.45. The van der Waals surface area contributed by atoms with E-state index in [0.29, 0.717) is 11.4 Å². The highest BCUT2D eigenvalue weighted by Gasteiger charge is 2.11. The van der Waals surface area contributed by atoms with Gasteiger partial charge < -0.3 is 0 Å². The van der Waals surface area contributed by atoms with Crippen molar-refractivity contribution >= 4 is 21.4 Å². The van der Waals surface area contributed by atoms with Gasteiger partial charge in [-0.2, -0.15) is 0 Å². The van der Waals surface area contributed by atoms with E-state index in [1.807, 2.05) is 30.3 Å². The first kappa shape index (κ1) is 15.1. The van der Waals surface area contributed by atoms with E-state index >= 15 is 0 Å². The normalized spacial score (nSPS) is 11.4. The molecule has 0 unspecified atom stereocenters. The van der Waals surface area contributed by atoms with E-state index in [1.165, 1.54) is 5.56 Å². The zero-order chi connectivity index (χ0) is 14.4. The van der Waals surface area contributed by atoms with Gasteiger partial charge in [0.05, 0.1) is 11.5 Å². The summed E-state index contributed by atoms with van der Waals surface area (Å²) in [7, 11) is -3.06. The van der Waals surface area contributed by atoms with Crippen LogP contribution in [0.1, 0.15) is 17.5 Å². The highest BCUT2D eigenvalue weighted by atomic mass is 35.5. The van der Waals surface area contributed by atoms with Gasteiger partial charge in [-0.05, 0) is 36.1 Å². The predicted molar refractivity (Wildman–Crippen MR) is 83.7 cm³/mol. The molecule has 0 saturated heterocycles. The third-order valence-electron chi connectivity index (χ3n) is 3.06. The standard InChI is InChI=1S/C16H17ClO2S/c17-16-10-8-15(9-11-16)13-20(18,19)12-4-7-14-5-2-1-3-6-14/h1-3,5-6,8-11H,4,7,12-13H2. The van der Waals surface area contributed by atoms with Crippen LogP contribution in [0.25, 0.3) is 0 Å². The molecule has 0 atom stereocenters. The van der Waals surface area contributed by atoms with E-state index in [9.17, 15) is 8.42 Å². The molecule has 106 valence electrons. The zero-order valence-corrected chi connectivity index (χ0v) is 12.7. The summed E-state index contributed by atoms with van der Waals surface area (Å²) in [6, 6.07) is 16.9.